The summed E-state index contributed by atoms with van der Waals surface area (Å²) < 4.78 is 0. The molecule has 0 aromatic rings. The number of rotatable bonds is 1. The predicted molar refractivity (Wildman–Crippen MR) is 43.4 cm³/mol. The van der Waals surface area contributed by atoms with Gasteiger partial charge >= 0.3 is 0 Å². The molecule has 0 aromatic carbocycles. The second-order valence-electron chi connectivity index (χ2n) is 2.23. The van der Waals surface area contributed by atoms with Crippen molar-refractivity contribution in [2.45, 2.75) is 20.0 Å². The largest absolute Gasteiger partial charge is 0.411 e. The lowest BCUT2D eigenvalue weighted by Gasteiger charge is -2.13. The highest BCUT2D eigenvalue weighted by Crippen LogP contribution is 1.96. The van der Waals surface area contributed by atoms with E-state index in [9.17, 15) is 0 Å². The second-order valence-corrected chi connectivity index (χ2v) is 2.23. The zero-order chi connectivity index (χ0) is 8.27. The van der Waals surface area contributed by atoms with E-state index in [0.717, 1.165) is 11.7 Å². The van der Waals surface area contributed by atoms with Gasteiger partial charge in [0.1, 0.15) is 11.7 Å². The fraction of sp³-hybridized carbons (Fsp3) is 0.500. The van der Waals surface area contributed by atoms with Gasteiger partial charge in [-0.15, -0.1) is 0 Å². The SMILES string of the molecule is CC1=NC(/C=N/O)N=C(C)N1. The van der Waals surface area contributed by atoms with Gasteiger partial charge < -0.3 is 10.5 Å². The Kier molecular flexibility index (Phi) is 2.20. The highest BCUT2D eigenvalue weighted by atomic mass is 16.4. The minimum atomic E-state index is -0.374. The van der Waals surface area contributed by atoms with E-state index in [1.807, 2.05) is 13.8 Å². The Morgan fingerprint density at radius 1 is 1.45 bits per heavy atom. The number of hydrogen-bond donors (Lipinski definition) is 2. The number of nitrogens with one attached hydrogen (secondary N) is 1. The Labute approximate surface area is 64.5 Å². The zero-order valence-electron chi connectivity index (χ0n) is 6.44. The van der Waals surface area contributed by atoms with Crippen molar-refractivity contribution in [1.82, 2.24) is 5.32 Å². The van der Waals surface area contributed by atoms with Gasteiger partial charge in [0.15, 0.2) is 6.17 Å². The summed E-state index contributed by atoms with van der Waals surface area (Å²) in [6, 6.07) is 0. The van der Waals surface area contributed by atoms with Crippen LogP contribution in [0.5, 0.6) is 0 Å². The first-order chi connectivity index (χ1) is 5.22. The number of nitrogens with zero attached hydrogens (tertiary/aromatic N) is 3. The van der Waals surface area contributed by atoms with E-state index in [0.29, 0.717) is 0 Å². The molecule has 60 valence electrons. The van der Waals surface area contributed by atoms with Crippen molar-refractivity contribution in [1.29, 1.82) is 0 Å². The van der Waals surface area contributed by atoms with Gasteiger partial charge in [0.2, 0.25) is 0 Å². The van der Waals surface area contributed by atoms with Gasteiger partial charge in [-0.1, -0.05) is 5.16 Å². The molecule has 0 fully saturated rings. The van der Waals surface area contributed by atoms with Crippen LogP contribution in [0, 0.1) is 0 Å². The zero-order valence-corrected chi connectivity index (χ0v) is 6.44. The van der Waals surface area contributed by atoms with E-state index in [-0.39, 0.29) is 6.17 Å². The average Bonchev–Trinajstić information content (AvgIpc) is 1.85. The molecule has 0 unspecified atom stereocenters. The molecule has 0 atom stereocenters. The molecule has 0 saturated heterocycles. The van der Waals surface area contributed by atoms with Gasteiger partial charge in [0.05, 0.1) is 6.21 Å². The van der Waals surface area contributed by atoms with Crippen molar-refractivity contribution >= 4 is 17.9 Å². The van der Waals surface area contributed by atoms with E-state index < -0.39 is 0 Å². The van der Waals surface area contributed by atoms with Crippen LogP contribution in [0.2, 0.25) is 0 Å². The van der Waals surface area contributed by atoms with Gasteiger partial charge in [-0.05, 0) is 13.8 Å². The van der Waals surface area contributed by atoms with Crippen LogP contribution >= 0.6 is 0 Å². The predicted octanol–water partition coefficient (Wildman–Crippen LogP) is 0.213. The van der Waals surface area contributed by atoms with E-state index in [4.69, 9.17) is 5.21 Å². The maximum atomic E-state index is 8.20. The maximum Gasteiger partial charge on any atom is 0.182 e. The lowest BCUT2D eigenvalue weighted by Crippen LogP contribution is -2.32. The summed E-state index contributed by atoms with van der Waals surface area (Å²) in [6.07, 6.45) is 0.898. The van der Waals surface area contributed by atoms with Crippen molar-refractivity contribution in [3.05, 3.63) is 0 Å². The Morgan fingerprint density at radius 2 is 2.00 bits per heavy atom. The van der Waals surface area contributed by atoms with Crippen LogP contribution in [0.4, 0.5) is 0 Å². The van der Waals surface area contributed by atoms with Crippen LogP contribution in [0.3, 0.4) is 0 Å². The Hall–Kier alpha value is -1.39. The Balaban J connectivity index is 2.73. The third kappa shape index (κ3) is 2.03. The molecule has 0 aromatic heterocycles. The van der Waals surface area contributed by atoms with Crippen molar-refractivity contribution in [2.24, 2.45) is 15.1 Å². The van der Waals surface area contributed by atoms with Crippen molar-refractivity contribution in [3.8, 4) is 0 Å². The Morgan fingerprint density at radius 3 is 2.45 bits per heavy atom. The normalized spacial score (nSPS) is 19.5. The molecule has 1 rings (SSSR count). The topological polar surface area (TPSA) is 69.3 Å². The molecule has 11 heavy (non-hydrogen) atoms. The summed E-state index contributed by atoms with van der Waals surface area (Å²) in [5, 5.41) is 14.0. The van der Waals surface area contributed by atoms with E-state index in [1.165, 1.54) is 6.21 Å². The first-order valence-electron chi connectivity index (χ1n) is 3.26. The van der Waals surface area contributed by atoms with Gasteiger partial charge in [-0.3, -0.25) is 0 Å². The van der Waals surface area contributed by atoms with Crippen LogP contribution in [-0.4, -0.2) is 29.3 Å². The second kappa shape index (κ2) is 3.14. The number of amidine groups is 2. The summed E-state index contributed by atoms with van der Waals surface area (Å²) in [6.45, 7) is 3.66. The molecule has 1 heterocycles. The van der Waals surface area contributed by atoms with E-state index in [2.05, 4.69) is 20.5 Å². The van der Waals surface area contributed by atoms with Gasteiger partial charge in [0, 0.05) is 0 Å². The molecule has 1 aliphatic rings. The third-order valence-electron chi connectivity index (χ3n) is 1.21. The lowest BCUT2D eigenvalue weighted by molar-refractivity contribution is 0.320. The monoisotopic (exact) mass is 154 g/mol. The lowest BCUT2D eigenvalue weighted by atomic mass is 10.4. The molecule has 0 saturated carbocycles. The van der Waals surface area contributed by atoms with Gasteiger partial charge in [0.25, 0.3) is 0 Å². The molecular formula is C6H10N4O. The number of aliphatic imine (C=N–C) groups is 2. The summed E-state index contributed by atoms with van der Waals surface area (Å²) in [5.41, 5.74) is 0. The smallest absolute Gasteiger partial charge is 0.182 e. The fourth-order valence-electron chi connectivity index (χ4n) is 0.878. The molecule has 0 aliphatic carbocycles. The van der Waals surface area contributed by atoms with Crippen LogP contribution in [0.15, 0.2) is 15.1 Å². The molecule has 0 amide bonds. The van der Waals surface area contributed by atoms with Crippen LogP contribution in [-0.2, 0) is 0 Å². The van der Waals surface area contributed by atoms with Crippen molar-refractivity contribution in [3.63, 3.8) is 0 Å². The van der Waals surface area contributed by atoms with Crippen molar-refractivity contribution < 1.29 is 5.21 Å². The molecule has 1 aliphatic heterocycles. The summed E-state index contributed by atoms with van der Waals surface area (Å²) in [7, 11) is 0. The highest BCUT2D eigenvalue weighted by Gasteiger charge is 2.07. The van der Waals surface area contributed by atoms with Crippen LogP contribution < -0.4 is 5.32 Å². The third-order valence-corrected chi connectivity index (χ3v) is 1.21. The fourth-order valence-corrected chi connectivity index (χ4v) is 0.878. The molecule has 0 bridgehead atoms. The quantitative estimate of drug-likeness (QED) is 0.322. The number of hydrogen-bond acceptors (Lipinski definition) is 5. The molecule has 2 N–H and O–H groups in total. The van der Waals surface area contributed by atoms with E-state index in [1.54, 1.807) is 0 Å². The molecular weight excluding hydrogens is 144 g/mol. The minimum Gasteiger partial charge on any atom is -0.411 e. The highest BCUT2D eigenvalue weighted by molar-refractivity contribution is 6.01. The summed E-state index contributed by atoms with van der Waals surface area (Å²) in [4.78, 5) is 8.06. The molecule has 0 spiro atoms. The average molecular weight is 154 g/mol. The molecule has 0 radical (unpaired) electrons. The van der Waals surface area contributed by atoms with Gasteiger partial charge in [-0.25, -0.2) is 9.98 Å². The summed E-state index contributed by atoms with van der Waals surface area (Å²) in [5.74, 6) is 1.56. The standard InChI is InChI=1S/C6H10N4O/c1-4-8-5(2)10-6(9-4)3-7-11/h3,6,11H,1-2H3,(H,8,9,10)/b7-3+. The van der Waals surface area contributed by atoms with Crippen LogP contribution in [0.25, 0.3) is 0 Å². The first-order valence-corrected chi connectivity index (χ1v) is 3.26. The van der Waals surface area contributed by atoms with Crippen LogP contribution in [0.1, 0.15) is 13.8 Å². The minimum absolute atomic E-state index is 0.374. The first kappa shape index (κ1) is 7.71. The molecule has 5 heteroatoms. The number of oxime groups is 1. The molecule has 5 nitrogen and oxygen atoms in total. The van der Waals surface area contributed by atoms with E-state index >= 15 is 0 Å². The van der Waals surface area contributed by atoms with Crippen molar-refractivity contribution in [2.75, 3.05) is 0 Å². The Bertz CT molecular complexity index is 213. The van der Waals surface area contributed by atoms with Gasteiger partial charge in [-0.2, -0.15) is 0 Å². The maximum absolute atomic E-state index is 8.20. The summed E-state index contributed by atoms with van der Waals surface area (Å²) >= 11 is 0.